The van der Waals surface area contributed by atoms with Crippen molar-refractivity contribution in [3.8, 4) is 0 Å². The van der Waals surface area contributed by atoms with E-state index in [-0.39, 0.29) is 17.7 Å². The first-order valence-corrected chi connectivity index (χ1v) is 9.83. The van der Waals surface area contributed by atoms with E-state index in [2.05, 4.69) is 22.4 Å². The van der Waals surface area contributed by atoms with Gasteiger partial charge in [0.1, 0.15) is 0 Å². The maximum atomic E-state index is 12.7. The van der Waals surface area contributed by atoms with Crippen LogP contribution in [0.25, 0.3) is 0 Å². The van der Waals surface area contributed by atoms with E-state index in [9.17, 15) is 4.79 Å². The fraction of sp³-hybridized carbons (Fsp3) is 0.842. The molecule has 4 rings (SSSR count). The van der Waals surface area contributed by atoms with Crippen molar-refractivity contribution in [1.29, 1.82) is 0 Å². The Morgan fingerprint density at radius 3 is 2.71 bits per heavy atom. The zero-order chi connectivity index (χ0) is 16.4. The Bertz CT molecular complexity index is 473. The van der Waals surface area contributed by atoms with E-state index in [0.717, 1.165) is 52.0 Å². The summed E-state index contributed by atoms with van der Waals surface area (Å²) in [5.41, 5.74) is 0.0587. The zero-order valence-corrected chi connectivity index (χ0v) is 14.7. The summed E-state index contributed by atoms with van der Waals surface area (Å²) in [4.78, 5) is 17.2. The summed E-state index contributed by atoms with van der Waals surface area (Å²) in [7, 11) is 0. The second-order valence-corrected chi connectivity index (χ2v) is 8.05. The Morgan fingerprint density at radius 1 is 1.12 bits per heavy atom. The molecular weight excluding hydrogens is 302 g/mol. The Morgan fingerprint density at radius 2 is 1.92 bits per heavy atom. The number of amides is 2. The lowest BCUT2D eigenvalue weighted by atomic mass is 9.78. The van der Waals surface area contributed by atoms with E-state index in [1.165, 1.54) is 32.1 Å². The van der Waals surface area contributed by atoms with Crippen molar-refractivity contribution in [1.82, 2.24) is 15.1 Å². The molecule has 3 fully saturated rings. The van der Waals surface area contributed by atoms with Crippen LogP contribution in [0.1, 0.15) is 51.4 Å². The fourth-order valence-electron chi connectivity index (χ4n) is 4.98. The second-order valence-electron chi connectivity index (χ2n) is 8.05. The van der Waals surface area contributed by atoms with Gasteiger partial charge in [-0.2, -0.15) is 0 Å². The molecule has 2 saturated heterocycles. The van der Waals surface area contributed by atoms with Crippen LogP contribution in [0.5, 0.6) is 0 Å². The third-order valence-electron chi connectivity index (χ3n) is 6.40. The van der Waals surface area contributed by atoms with Crippen LogP contribution in [0.15, 0.2) is 12.2 Å². The minimum atomic E-state index is 0.0587. The number of nitrogens with zero attached hydrogens (tertiary/aromatic N) is 2. The van der Waals surface area contributed by atoms with Gasteiger partial charge in [-0.25, -0.2) is 4.79 Å². The molecule has 0 aromatic rings. The molecule has 1 N–H and O–H groups in total. The smallest absolute Gasteiger partial charge is 0.317 e. The van der Waals surface area contributed by atoms with Gasteiger partial charge >= 0.3 is 6.03 Å². The molecule has 1 saturated carbocycles. The lowest BCUT2D eigenvalue weighted by molar-refractivity contribution is -0.108. The van der Waals surface area contributed by atoms with Gasteiger partial charge in [0.15, 0.2) is 0 Å². The highest BCUT2D eigenvalue weighted by atomic mass is 16.5. The summed E-state index contributed by atoms with van der Waals surface area (Å²) in [5.74, 6) is 0. The number of ether oxygens (including phenoxy) is 1. The van der Waals surface area contributed by atoms with E-state index >= 15 is 0 Å². The first kappa shape index (κ1) is 16.4. The number of hydrogen-bond acceptors (Lipinski definition) is 3. The molecule has 0 aromatic carbocycles. The predicted octanol–water partition coefficient (Wildman–Crippen LogP) is 2.52. The molecular formula is C19H31N3O2. The Hall–Kier alpha value is -1.07. The van der Waals surface area contributed by atoms with E-state index in [4.69, 9.17) is 4.74 Å². The monoisotopic (exact) mass is 333 g/mol. The highest BCUT2D eigenvalue weighted by molar-refractivity contribution is 5.75. The predicted molar refractivity (Wildman–Crippen MR) is 94.0 cm³/mol. The van der Waals surface area contributed by atoms with E-state index in [1.54, 1.807) is 0 Å². The van der Waals surface area contributed by atoms with Gasteiger partial charge in [0.05, 0.1) is 5.60 Å². The molecule has 0 radical (unpaired) electrons. The number of rotatable bonds is 2. The van der Waals surface area contributed by atoms with Crippen LogP contribution >= 0.6 is 0 Å². The molecule has 2 atom stereocenters. The average molecular weight is 333 g/mol. The summed E-state index contributed by atoms with van der Waals surface area (Å²) < 4.78 is 6.15. The van der Waals surface area contributed by atoms with Crippen molar-refractivity contribution < 1.29 is 9.53 Å². The lowest BCUT2D eigenvalue weighted by Crippen LogP contribution is -2.52. The van der Waals surface area contributed by atoms with Crippen molar-refractivity contribution in [3.05, 3.63) is 12.2 Å². The summed E-state index contributed by atoms with van der Waals surface area (Å²) in [6.07, 6.45) is 13.8. The Balaban J connectivity index is 1.28. The van der Waals surface area contributed by atoms with Crippen molar-refractivity contribution in [2.24, 2.45) is 0 Å². The highest BCUT2D eigenvalue weighted by Crippen LogP contribution is 2.38. The van der Waals surface area contributed by atoms with Crippen LogP contribution in [0.2, 0.25) is 0 Å². The third-order valence-corrected chi connectivity index (χ3v) is 6.40. The van der Waals surface area contributed by atoms with E-state index in [1.807, 2.05) is 4.90 Å². The molecule has 1 spiro atoms. The molecule has 24 heavy (non-hydrogen) atoms. The van der Waals surface area contributed by atoms with Crippen molar-refractivity contribution in [3.63, 3.8) is 0 Å². The van der Waals surface area contributed by atoms with Gasteiger partial charge in [0.2, 0.25) is 0 Å². The molecule has 4 aliphatic rings. The van der Waals surface area contributed by atoms with Crippen LogP contribution in [0.3, 0.4) is 0 Å². The van der Waals surface area contributed by atoms with Gasteiger partial charge in [-0.05, 0) is 32.1 Å². The number of carbonyl (C=O) groups is 1. The number of urea groups is 1. The topological polar surface area (TPSA) is 44.8 Å². The van der Waals surface area contributed by atoms with E-state index in [0.29, 0.717) is 6.04 Å². The number of likely N-dealkylation sites (tertiary alicyclic amines) is 1. The molecule has 0 unspecified atom stereocenters. The minimum absolute atomic E-state index is 0.0587. The summed E-state index contributed by atoms with van der Waals surface area (Å²) in [5, 5.41) is 3.32. The minimum Gasteiger partial charge on any atom is -0.375 e. The van der Waals surface area contributed by atoms with Gasteiger partial charge in [0, 0.05) is 44.9 Å². The maximum Gasteiger partial charge on any atom is 0.317 e. The Kier molecular flexibility index (Phi) is 4.81. The quantitative estimate of drug-likeness (QED) is 0.790. The highest BCUT2D eigenvalue weighted by Gasteiger charge is 2.39. The van der Waals surface area contributed by atoms with Crippen LogP contribution < -0.4 is 5.32 Å². The zero-order valence-electron chi connectivity index (χ0n) is 14.7. The normalized spacial score (nSPS) is 33.2. The average Bonchev–Trinajstić information content (AvgIpc) is 3.27. The maximum absolute atomic E-state index is 12.7. The van der Waals surface area contributed by atoms with Crippen molar-refractivity contribution >= 4 is 6.03 Å². The summed E-state index contributed by atoms with van der Waals surface area (Å²) in [6, 6.07) is 0.962. The van der Waals surface area contributed by atoms with Crippen LogP contribution in [0, 0.1) is 0 Å². The number of hydrogen-bond donors (Lipinski definition) is 1. The molecule has 3 aliphatic heterocycles. The molecule has 1 aliphatic carbocycles. The first-order chi connectivity index (χ1) is 11.7. The van der Waals surface area contributed by atoms with Gasteiger partial charge in [-0.3, -0.25) is 4.90 Å². The SMILES string of the molecule is O=C(N[C@@H]1CCOC2(CCCCC2)C1)N1CC[C@H](N2CC=CC2)C1. The Labute approximate surface area is 145 Å². The van der Waals surface area contributed by atoms with E-state index < -0.39 is 0 Å². The molecule has 2 amide bonds. The van der Waals surface area contributed by atoms with Crippen LogP contribution in [-0.2, 0) is 4.74 Å². The van der Waals surface area contributed by atoms with Crippen LogP contribution in [-0.4, -0.2) is 66.3 Å². The van der Waals surface area contributed by atoms with Gasteiger partial charge in [-0.15, -0.1) is 0 Å². The lowest BCUT2D eigenvalue weighted by Gasteiger charge is -2.43. The fourth-order valence-corrected chi connectivity index (χ4v) is 4.98. The number of nitrogens with one attached hydrogen (secondary N) is 1. The largest absolute Gasteiger partial charge is 0.375 e. The molecule has 3 heterocycles. The summed E-state index contributed by atoms with van der Waals surface area (Å²) >= 11 is 0. The van der Waals surface area contributed by atoms with Crippen molar-refractivity contribution in [2.75, 3.05) is 32.8 Å². The first-order valence-electron chi connectivity index (χ1n) is 9.83. The molecule has 5 heteroatoms. The molecule has 0 aromatic heterocycles. The number of carbonyl (C=O) groups excluding carboxylic acids is 1. The molecule has 134 valence electrons. The third kappa shape index (κ3) is 3.47. The van der Waals surface area contributed by atoms with Gasteiger partial charge in [-0.1, -0.05) is 31.4 Å². The molecule has 0 bridgehead atoms. The summed E-state index contributed by atoms with van der Waals surface area (Å²) in [6.45, 7) is 4.65. The standard InChI is InChI=1S/C19H31N3O2/c23-18(22-12-6-17(15-22)21-10-4-5-11-21)20-16-7-13-24-19(14-16)8-2-1-3-9-19/h4-5,16-17H,1-3,6-15H2,(H,20,23)/t16-,17+/m1/s1. The van der Waals surface area contributed by atoms with Crippen molar-refractivity contribution in [2.45, 2.75) is 69.1 Å². The van der Waals surface area contributed by atoms with Gasteiger partial charge in [0.25, 0.3) is 0 Å². The molecule has 5 nitrogen and oxygen atoms in total. The second kappa shape index (κ2) is 7.04. The van der Waals surface area contributed by atoms with Crippen LogP contribution in [0.4, 0.5) is 4.79 Å². The van der Waals surface area contributed by atoms with Gasteiger partial charge < -0.3 is 15.0 Å².